The van der Waals surface area contributed by atoms with Crippen LogP contribution in [0.15, 0.2) is 22.7 Å². The third-order valence-electron chi connectivity index (χ3n) is 2.86. The molecule has 100 valence electrons. The molecule has 3 nitrogen and oxygen atoms in total. The highest BCUT2D eigenvalue weighted by Crippen LogP contribution is 2.18. The fraction of sp³-hybridized carbons (Fsp3) is 0.500. The first kappa shape index (κ1) is 15.2. The molecule has 1 amide bonds. The SMILES string of the molecule is Cc1cc(Br)ccc1C(=O)N(CCCO)C(C)C. The van der Waals surface area contributed by atoms with Gasteiger partial charge in [0.2, 0.25) is 0 Å². The number of amides is 1. The van der Waals surface area contributed by atoms with Crippen molar-refractivity contribution in [3.05, 3.63) is 33.8 Å². The Morgan fingerprint density at radius 2 is 2.11 bits per heavy atom. The van der Waals surface area contributed by atoms with Gasteiger partial charge in [-0.05, 0) is 51.0 Å². The number of halogens is 1. The molecular formula is C14H20BrNO2. The molecule has 0 unspecified atom stereocenters. The number of hydrogen-bond donors (Lipinski definition) is 1. The molecule has 0 bridgehead atoms. The Balaban J connectivity index is 2.94. The van der Waals surface area contributed by atoms with E-state index in [0.29, 0.717) is 13.0 Å². The summed E-state index contributed by atoms with van der Waals surface area (Å²) in [6.07, 6.45) is 0.611. The third-order valence-corrected chi connectivity index (χ3v) is 3.35. The topological polar surface area (TPSA) is 40.5 Å². The smallest absolute Gasteiger partial charge is 0.254 e. The standard InChI is InChI=1S/C14H20BrNO2/c1-10(2)16(7-4-8-17)14(18)13-6-5-12(15)9-11(13)3/h5-6,9-10,17H,4,7-8H2,1-3H3. The number of aliphatic hydroxyl groups excluding tert-OH is 1. The van der Waals surface area contributed by atoms with Gasteiger partial charge >= 0.3 is 0 Å². The van der Waals surface area contributed by atoms with Crippen LogP contribution in [0.25, 0.3) is 0 Å². The molecule has 0 aliphatic rings. The Labute approximate surface area is 117 Å². The molecule has 0 radical (unpaired) electrons. The summed E-state index contributed by atoms with van der Waals surface area (Å²) < 4.78 is 0.975. The second-order valence-corrected chi connectivity index (χ2v) is 5.54. The van der Waals surface area contributed by atoms with Crippen LogP contribution < -0.4 is 0 Å². The lowest BCUT2D eigenvalue weighted by Gasteiger charge is -2.27. The molecule has 0 fully saturated rings. The summed E-state index contributed by atoms with van der Waals surface area (Å²) in [5.41, 5.74) is 1.69. The second-order valence-electron chi connectivity index (χ2n) is 4.63. The molecule has 0 spiro atoms. The Morgan fingerprint density at radius 3 is 2.61 bits per heavy atom. The van der Waals surface area contributed by atoms with Crippen molar-refractivity contribution in [1.29, 1.82) is 0 Å². The number of aliphatic hydroxyl groups is 1. The minimum atomic E-state index is 0.0310. The largest absolute Gasteiger partial charge is 0.396 e. The Kier molecular flexibility index (Phi) is 5.82. The lowest BCUT2D eigenvalue weighted by molar-refractivity contribution is 0.0692. The van der Waals surface area contributed by atoms with Gasteiger partial charge in [0, 0.05) is 29.2 Å². The van der Waals surface area contributed by atoms with Gasteiger partial charge in [-0.25, -0.2) is 0 Å². The summed E-state index contributed by atoms with van der Waals surface area (Å²) in [7, 11) is 0. The number of benzene rings is 1. The van der Waals surface area contributed by atoms with Crippen LogP contribution in [-0.2, 0) is 0 Å². The van der Waals surface area contributed by atoms with Gasteiger partial charge in [0.25, 0.3) is 5.91 Å². The van der Waals surface area contributed by atoms with Crippen molar-refractivity contribution < 1.29 is 9.90 Å². The van der Waals surface area contributed by atoms with Crippen molar-refractivity contribution in [3.8, 4) is 0 Å². The van der Waals surface area contributed by atoms with Crippen molar-refractivity contribution >= 4 is 21.8 Å². The molecule has 0 saturated carbocycles. The van der Waals surface area contributed by atoms with Crippen LogP contribution in [0.4, 0.5) is 0 Å². The molecule has 4 heteroatoms. The number of hydrogen-bond acceptors (Lipinski definition) is 2. The summed E-state index contributed by atoms with van der Waals surface area (Å²) >= 11 is 3.40. The molecule has 18 heavy (non-hydrogen) atoms. The minimum Gasteiger partial charge on any atom is -0.396 e. The van der Waals surface area contributed by atoms with Gasteiger partial charge in [-0.2, -0.15) is 0 Å². The fourth-order valence-electron chi connectivity index (χ4n) is 1.86. The van der Waals surface area contributed by atoms with E-state index in [1.165, 1.54) is 0 Å². The molecule has 0 saturated heterocycles. The van der Waals surface area contributed by atoms with Gasteiger partial charge in [0.1, 0.15) is 0 Å². The van der Waals surface area contributed by atoms with Crippen molar-refractivity contribution in [2.75, 3.05) is 13.2 Å². The molecule has 1 N–H and O–H groups in total. The number of carbonyl (C=O) groups is 1. The van der Waals surface area contributed by atoms with Crippen LogP contribution in [0.5, 0.6) is 0 Å². The van der Waals surface area contributed by atoms with Gasteiger partial charge in [-0.1, -0.05) is 15.9 Å². The van der Waals surface area contributed by atoms with Gasteiger partial charge in [0.05, 0.1) is 0 Å². The highest BCUT2D eigenvalue weighted by molar-refractivity contribution is 9.10. The number of carbonyl (C=O) groups excluding carboxylic acids is 1. The monoisotopic (exact) mass is 313 g/mol. The summed E-state index contributed by atoms with van der Waals surface area (Å²) in [6.45, 7) is 6.60. The maximum Gasteiger partial charge on any atom is 0.254 e. The summed E-state index contributed by atoms with van der Waals surface area (Å²) in [6, 6.07) is 5.80. The molecule has 1 aromatic rings. The first-order chi connectivity index (χ1) is 8.47. The van der Waals surface area contributed by atoms with Gasteiger partial charge in [-0.3, -0.25) is 4.79 Å². The second kappa shape index (κ2) is 6.90. The Hall–Kier alpha value is -0.870. The molecule has 0 aromatic heterocycles. The molecule has 0 aliphatic carbocycles. The van der Waals surface area contributed by atoms with E-state index < -0.39 is 0 Å². The normalized spacial score (nSPS) is 10.8. The van der Waals surface area contributed by atoms with E-state index in [1.807, 2.05) is 39.0 Å². The van der Waals surface area contributed by atoms with Crippen LogP contribution >= 0.6 is 15.9 Å². The summed E-state index contributed by atoms with van der Waals surface area (Å²) in [4.78, 5) is 14.3. The zero-order chi connectivity index (χ0) is 13.7. The average molecular weight is 314 g/mol. The van der Waals surface area contributed by atoms with Gasteiger partial charge < -0.3 is 10.0 Å². The predicted octanol–water partition coefficient (Wildman–Crippen LogP) is 2.99. The van der Waals surface area contributed by atoms with E-state index in [-0.39, 0.29) is 18.6 Å². The van der Waals surface area contributed by atoms with Gasteiger partial charge in [-0.15, -0.1) is 0 Å². The number of nitrogens with zero attached hydrogens (tertiary/aromatic N) is 1. The van der Waals surface area contributed by atoms with Crippen molar-refractivity contribution in [2.24, 2.45) is 0 Å². The molecule has 0 atom stereocenters. The average Bonchev–Trinajstić information content (AvgIpc) is 2.28. The lowest BCUT2D eigenvalue weighted by Crippen LogP contribution is -2.38. The highest BCUT2D eigenvalue weighted by atomic mass is 79.9. The molecular weight excluding hydrogens is 294 g/mol. The summed E-state index contributed by atoms with van der Waals surface area (Å²) in [5, 5.41) is 8.90. The molecule has 1 rings (SSSR count). The van der Waals surface area contributed by atoms with Crippen LogP contribution in [0.1, 0.15) is 36.2 Å². The number of aryl methyl sites for hydroxylation is 1. The van der Waals surface area contributed by atoms with E-state index in [9.17, 15) is 4.79 Å². The van der Waals surface area contributed by atoms with Crippen LogP contribution in [0.2, 0.25) is 0 Å². The van der Waals surface area contributed by atoms with E-state index >= 15 is 0 Å². The first-order valence-electron chi connectivity index (χ1n) is 6.15. The predicted molar refractivity (Wildman–Crippen MR) is 76.8 cm³/mol. The maximum atomic E-state index is 12.5. The third kappa shape index (κ3) is 3.82. The van der Waals surface area contributed by atoms with E-state index in [2.05, 4.69) is 15.9 Å². The zero-order valence-electron chi connectivity index (χ0n) is 11.1. The zero-order valence-corrected chi connectivity index (χ0v) is 12.7. The van der Waals surface area contributed by atoms with E-state index in [1.54, 1.807) is 4.90 Å². The fourth-order valence-corrected chi connectivity index (χ4v) is 2.33. The highest BCUT2D eigenvalue weighted by Gasteiger charge is 2.19. The summed E-state index contributed by atoms with van der Waals surface area (Å²) in [5.74, 6) is 0.0310. The van der Waals surface area contributed by atoms with Gasteiger partial charge in [0.15, 0.2) is 0 Å². The van der Waals surface area contributed by atoms with E-state index in [4.69, 9.17) is 5.11 Å². The van der Waals surface area contributed by atoms with Crippen molar-refractivity contribution in [1.82, 2.24) is 4.90 Å². The minimum absolute atomic E-state index is 0.0310. The maximum absolute atomic E-state index is 12.5. The molecule has 0 aliphatic heterocycles. The van der Waals surface area contributed by atoms with Crippen molar-refractivity contribution in [2.45, 2.75) is 33.2 Å². The van der Waals surface area contributed by atoms with Crippen LogP contribution in [0.3, 0.4) is 0 Å². The van der Waals surface area contributed by atoms with Crippen LogP contribution in [0, 0.1) is 6.92 Å². The lowest BCUT2D eigenvalue weighted by atomic mass is 10.1. The Morgan fingerprint density at radius 1 is 1.44 bits per heavy atom. The number of rotatable bonds is 5. The van der Waals surface area contributed by atoms with E-state index in [0.717, 1.165) is 15.6 Å². The molecule has 1 aromatic carbocycles. The van der Waals surface area contributed by atoms with Crippen molar-refractivity contribution in [3.63, 3.8) is 0 Å². The first-order valence-corrected chi connectivity index (χ1v) is 6.94. The molecule has 0 heterocycles. The quantitative estimate of drug-likeness (QED) is 0.908. The Bertz CT molecular complexity index is 418. The van der Waals surface area contributed by atoms with Crippen LogP contribution in [-0.4, -0.2) is 35.1 Å².